The SMILES string of the molecule is CC(=O)N1CCC(NCC(F)F)CC1. The lowest BCUT2D eigenvalue weighted by Gasteiger charge is -2.31. The van der Waals surface area contributed by atoms with Crippen molar-refractivity contribution in [1.82, 2.24) is 10.2 Å². The minimum atomic E-state index is -2.29. The lowest BCUT2D eigenvalue weighted by atomic mass is 10.1. The van der Waals surface area contributed by atoms with Crippen LogP contribution in [0.2, 0.25) is 0 Å². The van der Waals surface area contributed by atoms with Crippen molar-refractivity contribution in [2.24, 2.45) is 0 Å². The third kappa shape index (κ3) is 3.57. The number of hydrogen-bond acceptors (Lipinski definition) is 2. The fourth-order valence-electron chi connectivity index (χ4n) is 1.65. The van der Waals surface area contributed by atoms with Gasteiger partial charge < -0.3 is 10.2 Å². The summed E-state index contributed by atoms with van der Waals surface area (Å²) in [5.41, 5.74) is 0. The van der Waals surface area contributed by atoms with Gasteiger partial charge in [0.1, 0.15) is 0 Å². The van der Waals surface area contributed by atoms with Crippen LogP contribution in [-0.2, 0) is 4.79 Å². The van der Waals surface area contributed by atoms with Crippen LogP contribution in [0.5, 0.6) is 0 Å². The number of amides is 1. The highest BCUT2D eigenvalue weighted by atomic mass is 19.3. The Hall–Kier alpha value is -0.710. The van der Waals surface area contributed by atoms with Crippen LogP contribution in [0.4, 0.5) is 8.78 Å². The highest BCUT2D eigenvalue weighted by Crippen LogP contribution is 2.10. The lowest BCUT2D eigenvalue weighted by Crippen LogP contribution is -2.45. The number of hydrogen-bond donors (Lipinski definition) is 1. The minimum Gasteiger partial charge on any atom is -0.343 e. The maximum absolute atomic E-state index is 11.9. The zero-order valence-corrected chi connectivity index (χ0v) is 8.30. The number of piperidine rings is 1. The summed E-state index contributed by atoms with van der Waals surface area (Å²) < 4.78 is 23.7. The first-order valence-corrected chi connectivity index (χ1v) is 4.86. The molecule has 1 aliphatic heterocycles. The second kappa shape index (κ2) is 5.24. The molecule has 1 saturated heterocycles. The quantitative estimate of drug-likeness (QED) is 0.742. The van der Waals surface area contributed by atoms with E-state index in [1.54, 1.807) is 4.90 Å². The average molecular weight is 206 g/mol. The monoisotopic (exact) mass is 206 g/mol. The van der Waals surface area contributed by atoms with Crippen molar-refractivity contribution < 1.29 is 13.6 Å². The van der Waals surface area contributed by atoms with Gasteiger partial charge in [-0.3, -0.25) is 4.79 Å². The van der Waals surface area contributed by atoms with E-state index in [0.29, 0.717) is 13.1 Å². The van der Waals surface area contributed by atoms with E-state index in [1.807, 2.05) is 0 Å². The van der Waals surface area contributed by atoms with Crippen LogP contribution in [0.15, 0.2) is 0 Å². The van der Waals surface area contributed by atoms with Gasteiger partial charge in [-0.2, -0.15) is 0 Å². The molecule has 0 saturated carbocycles. The van der Waals surface area contributed by atoms with Crippen LogP contribution >= 0.6 is 0 Å². The highest BCUT2D eigenvalue weighted by molar-refractivity contribution is 5.73. The third-order valence-electron chi connectivity index (χ3n) is 2.50. The Morgan fingerprint density at radius 3 is 2.50 bits per heavy atom. The van der Waals surface area contributed by atoms with Gasteiger partial charge in [-0.25, -0.2) is 8.78 Å². The van der Waals surface area contributed by atoms with Crippen molar-refractivity contribution >= 4 is 5.91 Å². The van der Waals surface area contributed by atoms with Gasteiger partial charge in [-0.05, 0) is 12.8 Å². The van der Waals surface area contributed by atoms with Crippen LogP contribution in [0.1, 0.15) is 19.8 Å². The van der Waals surface area contributed by atoms with Crippen LogP contribution in [0.3, 0.4) is 0 Å². The van der Waals surface area contributed by atoms with Gasteiger partial charge in [0.2, 0.25) is 5.91 Å². The van der Waals surface area contributed by atoms with Gasteiger partial charge in [-0.15, -0.1) is 0 Å². The van der Waals surface area contributed by atoms with Gasteiger partial charge in [0.05, 0.1) is 6.54 Å². The Morgan fingerprint density at radius 2 is 2.07 bits per heavy atom. The topological polar surface area (TPSA) is 32.3 Å². The Morgan fingerprint density at radius 1 is 1.50 bits per heavy atom. The molecule has 0 unspecified atom stereocenters. The Balaban J connectivity index is 2.19. The van der Waals surface area contributed by atoms with Crippen molar-refractivity contribution in [1.29, 1.82) is 0 Å². The largest absolute Gasteiger partial charge is 0.343 e. The molecule has 0 aromatic heterocycles. The smallest absolute Gasteiger partial charge is 0.250 e. The molecule has 1 aliphatic rings. The molecule has 0 atom stereocenters. The molecule has 5 heteroatoms. The molecule has 0 aromatic rings. The van der Waals surface area contributed by atoms with Crippen LogP contribution in [0, 0.1) is 0 Å². The van der Waals surface area contributed by atoms with E-state index in [4.69, 9.17) is 0 Å². The van der Waals surface area contributed by atoms with E-state index in [2.05, 4.69) is 5.32 Å². The second-order valence-corrected chi connectivity index (χ2v) is 3.58. The molecule has 1 N–H and O–H groups in total. The Bertz CT molecular complexity index is 191. The van der Waals surface area contributed by atoms with E-state index >= 15 is 0 Å². The number of carbonyl (C=O) groups is 1. The number of carbonyl (C=O) groups excluding carboxylic acids is 1. The predicted octanol–water partition coefficient (Wildman–Crippen LogP) is 0.852. The molecular weight excluding hydrogens is 190 g/mol. The van der Waals surface area contributed by atoms with Crippen molar-refractivity contribution in [3.63, 3.8) is 0 Å². The average Bonchev–Trinajstić information content (AvgIpc) is 2.15. The van der Waals surface area contributed by atoms with Gasteiger partial charge in [0, 0.05) is 26.1 Å². The van der Waals surface area contributed by atoms with E-state index < -0.39 is 6.43 Å². The number of rotatable bonds is 3. The third-order valence-corrected chi connectivity index (χ3v) is 2.50. The lowest BCUT2D eigenvalue weighted by molar-refractivity contribution is -0.129. The van der Waals surface area contributed by atoms with Crippen molar-refractivity contribution in [3.05, 3.63) is 0 Å². The predicted molar refractivity (Wildman–Crippen MR) is 49.3 cm³/mol. The molecule has 1 heterocycles. The van der Waals surface area contributed by atoms with Crippen LogP contribution in [-0.4, -0.2) is 42.9 Å². The molecule has 1 rings (SSSR count). The van der Waals surface area contributed by atoms with Gasteiger partial charge in [0.15, 0.2) is 0 Å². The van der Waals surface area contributed by atoms with Crippen LogP contribution in [0.25, 0.3) is 0 Å². The molecule has 14 heavy (non-hydrogen) atoms. The first-order chi connectivity index (χ1) is 6.59. The number of nitrogens with one attached hydrogen (secondary N) is 1. The summed E-state index contributed by atoms with van der Waals surface area (Å²) >= 11 is 0. The summed E-state index contributed by atoms with van der Waals surface area (Å²) in [5.74, 6) is 0.0670. The number of alkyl halides is 2. The summed E-state index contributed by atoms with van der Waals surface area (Å²) in [5, 5.41) is 2.79. The van der Waals surface area contributed by atoms with E-state index in [9.17, 15) is 13.6 Å². The van der Waals surface area contributed by atoms with Crippen molar-refractivity contribution in [2.75, 3.05) is 19.6 Å². The summed E-state index contributed by atoms with van der Waals surface area (Å²) in [4.78, 5) is 12.7. The Labute approximate surface area is 82.5 Å². The summed E-state index contributed by atoms with van der Waals surface area (Å²) in [6, 6.07) is 0.139. The molecule has 1 fully saturated rings. The molecule has 0 aromatic carbocycles. The van der Waals surface area contributed by atoms with Gasteiger partial charge >= 0.3 is 0 Å². The number of likely N-dealkylation sites (tertiary alicyclic amines) is 1. The van der Waals surface area contributed by atoms with Crippen molar-refractivity contribution in [2.45, 2.75) is 32.2 Å². The number of halogens is 2. The summed E-state index contributed by atoms with van der Waals surface area (Å²) in [6.07, 6.45) is -0.751. The molecule has 3 nitrogen and oxygen atoms in total. The molecule has 0 aliphatic carbocycles. The first-order valence-electron chi connectivity index (χ1n) is 4.86. The second-order valence-electron chi connectivity index (χ2n) is 3.58. The highest BCUT2D eigenvalue weighted by Gasteiger charge is 2.20. The molecule has 0 spiro atoms. The zero-order valence-electron chi connectivity index (χ0n) is 8.30. The van der Waals surface area contributed by atoms with Crippen molar-refractivity contribution in [3.8, 4) is 0 Å². The summed E-state index contributed by atoms with van der Waals surface area (Å²) in [6.45, 7) is 2.64. The minimum absolute atomic E-state index is 0.0670. The zero-order chi connectivity index (χ0) is 10.6. The summed E-state index contributed by atoms with van der Waals surface area (Å²) in [7, 11) is 0. The van der Waals surface area contributed by atoms with E-state index in [-0.39, 0.29) is 18.5 Å². The maximum atomic E-state index is 11.9. The molecule has 0 radical (unpaired) electrons. The molecule has 82 valence electrons. The first kappa shape index (κ1) is 11.4. The number of nitrogens with zero attached hydrogens (tertiary/aromatic N) is 1. The standard InChI is InChI=1S/C9H16F2N2O/c1-7(14)13-4-2-8(3-5-13)12-6-9(10)11/h8-9,12H,2-6H2,1H3. The van der Waals surface area contributed by atoms with Gasteiger partial charge in [0.25, 0.3) is 6.43 Å². The maximum Gasteiger partial charge on any atom is 0.250 e. The fourth-order valence-corrected chi connectivity index (χ4v) is 1.65. The van der Waals surface area contributed by atoms with Crippen LogP contribution < -0.4 is 5.32 Å². The molecule has 1 amide bonds. The van der Waals surface area contributed by atoms with Gasteiger partial charge in [-0.1, -0.05) is 0 Å². The molecule has 0 bridgehead atoms. The molecular formula is C9H16F2N2O. The fraction of sp³-hybridized carbons (Fsp3) is 0.889. The Kier molecular flexibility index (Phi) is 4.25. The van der Waals surface area contributed by atoms with E-state index in [0.717, 1.165) is 12.8 Å². The normalized spacial score (nSPS) is 19.0. The van der Waals surface area contributed by atoms with E-state index in [1.165, 1.54) is 6.92 Å².